The fourth-order valence-corrected chi connectivity index (χ4v) is 2.02. The summed E-state index contributed by atoms with van der Waals surface area (Å²) in [5.41, 5.74) is 2.17. The van der Waals surface area contributed by atoms with Gasteiger partial charge < -0.3 is 4.74 Å². The standard InChI is InChI=1S/C12H12BrNO/c1-15-11-8-7-10(14-12(11)13)9-5-3-2-4-6-9/h3,5-8H,2,4H2,1H3. The molecule has 1 heterocycles. The van der Waals surface area contributed by atoms with E-state index < -0.39 is 0 Å². The number of allylic oxidation sites excluding steroid dienone is 4. The van der Waals surface area contributed by atoms with Crippen LogP contribution in [0.5, 0.6) is 5.75 Å². The van der Waals surface area contributed by atoms with E-state index in [1.54, 1.807) is 7.11 Å². The van der Waals surface area contributed by atoms with Gasteiger partial charge in [0.05, 0.1) is 12.8 Å². The van der Waals surface area contributed by atoms with Gasteiger partial charge in [0.1, 0.15) is 4.60 Å². The molecule has 0 atom stereocenters. The molecule has 1 aliphatic rings. The first-order valence-electron chi connectivity index (χ1n) is 4.89. The summed E-state index contributed by atoms with van der Waals surface area (Å²) in [5.74, 6) is 0.763. The Bertz CT molecular complexity index is 424. The average Bonchev–Trinajstić information content (AvgIpc) is 2.30. The maximum Gasteiger partial charge on any atom is 0.151 e. The molecule has 0 spiro atoms. The van der Waals surface area contributed by atoms with E-state index in [4.69, 9.17) is 4.74 Å². The second-order valence-corrected chi connectivity index (χ2v) is 4.08. The van der Waals surface area contributed by atoms with Crippen molar-refractivity contribution in [3.63, 3.8) is 0 Å². The van der Waals surface area contributed by atoms with Crippen molar-refractivity contribution in [2.75, 3.05) is 7.11 Å². The van der Waals surface area contributed by atoms with Gasteiger partial charge in [0.15, 0.2) is 5.75 Å². The number of ether oxygens (including phenoxy) is 1. The predicted octanol–water partition coefficient (Wildman–Crippen LogP) is 3.59. The molecule has 0 amide bonds. The molecule has 1 aromatic heterocycles. The lowest BCUT2D eigenvalue weighted by Gasteiger charge is -2.08. The SMILES string of the molecule is COc1ccc(C2=CCCC=C2)nc1Br. The van der Waals surface area contributed by atoms with Crippen molar-refractivity contribution in [2.24, 2.45) is 0 Å². The van der Waals surface area contributed by atoms with Gasteiger partial charge in [0, 0.05) is 0 Å². The summed E-state index contributed by atoms with van der Waals surface area (Å²) < 4.78 is 5.89. The molecule has 2 rings (SSSR count). The molecule has 0 saturated heterocycles. The molecule has 3 heteroatoms. The van der Waals surface area contributed by atoms with E-state index in [9.17, 15) is 0 Å². The van der Waals surface area contributed by atoms with Crippen molar-refractivity contribution in [1.29, 1.82) is 0 Å². The van der Waals surface area contributed by atoms with Crippen LogP contribution in [0.15, 0.2) is 35.0 Å². The molecule has 0 bridgehead atoms. The van der Waals surface area contributed by atoms with Crippen LogP contribution >= 0.6 is 15.9 Å². The molecule has 15 heavy (non-hydrogen) atoms. The Hall–Kier alpha value is -1.09. The van der Waals surface area contributed by atoms with Crippen molar-refractivity contribution in [3.8, 4) is 5.75 Å². The minimum Gasteiger partial charge on any atom is -0.494 e. The third-order valence-electron chi connectivity index (χ3n) is 2.33. The van der Waals surface area contributed by atoms with E-state index in [-0.39, 0.29) is 0 Å². The highest BCUT2D eigenvalue weighted by molar-refractivity contribution is 9.10. The van der Waals surface area contributed by atoms with E-state index >= 15 is 0 Å². The first-order valence-corrected chi connectivity index (χ1v) is 5.68. The van der Waals surface area contributed by atoms with Gasteiger partial charge in [-0.3, -0.25) is 0 Å². The van der Waals surface area contributed by atoms with Gasteiger partial charge in [0.2, 0.25) is 0 Å². The molecule has 0 saturated carbocycles. The number of hydrogen-bond acceptors (Lipinski definition) is 2. The second kappa shape index (κ2) is 4.62. The van der Waals surface area contributed by atoms with Crippen LogP contribution in [0, 0.1) is 0 Å². The van der Waals surface area contributed by atoms with Crippen molar-refractivity contribution in [3.05, 3.63) is 40.7 Å². The average molecular weight is 266 g/mol. The number of pyridine rings is 1. The third-order valence-corrected chi connectivity index (χ3v) is 2.89. The van der Waals surface area contributed by atoms with E-state index in [0.29, 0.717) is 0 Å². The van der Waals surface area contributed by atoms with Crippen LogP contribution in [0.25, 0.3) is 5.57 Å². The van der Waals surface area contributed by atoms with E-state index in [2.05, 4.69) is 39.1 Å². The zero-order chi connectivity index (χ0) is 10.7. The topological polar surface area (TPSA) is 22.1 Å². The Morgan fingerprint density at radius 1 is 1.33 bits per heavy atom. The van der Waals surface area contributed by atoms with Crippen LogP contribution in [0.2, 0.25) is 0 Å². The Morgan fingerprint density at radius 3 is 2.80 bits per heavy atom. The maximum atomic E-state index is 5.14. The van der Waals surface area contributed by atoms with Crippen molar-refractivity contribution in [1.82, 2.24) is 4.98 Å². The zero-order valence-electron chi connectivity index (χ0n) is 8.53. The monoisotopic (exact) mass is 265 g/mol. The van der Waals surface area contributed by atoms with Crippen LogP contribution in [-0.2, 0) is 0 Å². The Balaban J connectivity index is 2.33. The Morgan fingerprint density at radius 2 is 2.20 bits per heavy atom. The summed E-state index contributed by atoms with van der Waals surface area (Å²) in [4.78, 5) is 4.44. The van der Waals surface area contributed by atoms with Crippen LogP contribution < -0.4 is 4.74 Å². The zero-order valence-corrected chi connectivity index (χ0v) is 10.1. The lowest BCUT2D eigenvalue weighted by atomic mass is 10.0. The van der Waals surface area contributed by atoms with Crippen LogP contribution in [0.1, 0.15) is 18.5 Å². The quantitative estimate of drug-likeness (QED) is 0.763. The Kier molecular flexibility index (Phi) is 3.21. The summed E-state index contributed by atoms with van der Waals surface area (Å²) in [6.45, 7) is 0. The molecular weight excluding hydrogens is 254 g/mol. The lowest BCUT2D eigenvalue weighted by Crippen LogP contribution is -1.93. The number of halogens is 1. The molecule has 1 aliphatic carbocycles. The van der Waals surface area contributed by atoms with Gasteiger partial charge in [-0.25, -0.2) is 4.98 Å². The van der Waals surface area contributed by atoms with Gasteiger partial charge in [-0.15, -0.1) is 0 Å². The van der Waals surface area contributed by atoms with Gasteiger partial charge in [-0.1, -0.05) is 18.2 Å². The molecule has 0 fully saturated rings. The smallest absolute Gasteiger partial charge is 0.151 e. The highest BCUT2D eigenvalue weighted by Gasteiger charge is 2.06. The van der Waals surface area contributed by atoms with E-state index in [0.717, 1.165) is 28.9 Å². The van der Waals surface area contributed by atoms with Crippen molar-refractivity contribution >= 4 is 21.5 Å². The molecule has 0 radical (unpaired) electrons. The summed E-state index contributed by atoms with van der Waals surface area (Å²) in [5, 5.41) is 0. The van der Waals surface area contributed by atoms with Crippen LogP contribution in [0.3, 0.4) is 0 Å². The van der Waals surface area contributed by atoms with Crippen molar-refractivity contribution in [2.45, 2.75) is 12.8 Å². The summed E-state index contributed by atoms with van der Waals surface area (Å²) >= 11 is 3.39. The molecular formula is C12H12BrNO. The maximum absolute atomic E-state index is 5.14. The minimum atomic E-state index is 0.752. The molecule has 0 aromatic carbocycles. The third kappa shape index (κ3) is 2.29. The normalized spacial score (nSPS) is 14.9. The lowest BCUT2D eigenvalue weighted by molar-refractivity contribution is 0.409. The van der Waals surface area contributed by atoms with Crippen molar-refractivity contribution < 1.29 is 4.74 Å². The summed E-state index contributed by atoms with van der Waals surface area (Å²) in [6.07, 6.45) is 8.72. The largest absolute Gasteiger partial charge is 0.494 e. The second-order valence-electron chi connectivity index (χ2n) is 3.33. The molecule has 0 unspecified atom stereocenters. The first kappa shape index (κ1) is 10.4. The molecule has 2 nitrogen and oxygen atoms in total. The number of nitrogens with zero attached hydrogens (tertiary/aromatic N) is 1. The van der Waals surface area contributed by atoms with Gasteiger partial charge in [-0.2, -0.15) is 0 Å². The molecule has 78 valence electrons. The first-order chi connectivity index (χ1) is 7.31. The van der Waals surface area contributed by atoms with E-state index in [1.165, 1.54) is 5.57 Å². The minimum absolute atomic E-state index is 0.752. The van der Waals surface area contributed by atoms with Gasteiger partial charge in [-0.05, 0) is 46.5 Å². The highest BCUT2D eigenvalue weighted by atomic mass is 79.9. The van der Waals surface area contributed by atoms with Crippen LogP contribution in [-0.4, -0.2) is 12.1 Å². The fourth-order valence-electron chi connectivity index (χ4n) is 1.54. The van der Waals surface area contributed by atoms with Gasteiger partial charge in [0.25, 0.3) is 0 Å². The molecule has 1 aromatic rings. The number of methoxy groups -OCH3 is 1. The Labute approximate surface area is 97.8 Å². The van der Waals surface area contributed by atoms with Gasteiger partial charge >= 0.3 is 0 Å². The van der Waals surface area contributed by atoms with Crippen LogP contribution in [0.4, 0.5) is 0 Å². The number of rotatable bonds is 2. The highest BCUT2D eigenvalue weighted by Crippen LogP contribution is 2.26. The molecule has 0 aliphatic heterocycles. The predicted molar refractivity (Wildman–Crippen MR) is 64.8 cm³/mol. The molecule has 0 N–H and O–H groups in total. The summed E-state index contributed by atoms with van der Waals surface area (Å²) in [7, 11) is 1.64. The summed E-state index contributed by atoms with van der Waals surface area (Å²) in [6, 6.07) is 3.90. The number of aromatic nitrogens is 1. The van der Waals surface area contributed by atoms with E-state index in [1.807, 2.05) is 12.1 Å². The fraction of sp³-hybridized carbons (Fsp3) is 0.250. The number of hydrogen-bond donors (Lipinski definition) is 0.